The first-order valence-corrected chi connectivity index (χ1v) is 7.13. The van der Waals surface area contributed by atoms with Crippen molar-refractivity contribution in [1.29, 1.82) is 0 Å². The van der Waals surface area contributed by atoms with Crippen LogP contribution >= 0.6 is 27.5 Å². The summed E-state index contributed by atoms with van der Waals surface area (Å²) in [5.74, 6) is 0.827. The van der Waals surface area contributed by atoms with E-state index in [4.69, 9.17) is 16.3 Å². The Kier molecular flexibility index (Phi) is 4.72. The number of nitrogens with one attached hydrogen (secondary N) is 1. The number of hydrogen-bond acceptors (Lipinski definition) is 2. The zero-order valence-corrected chi connectivity index (χ0v) is 13.1. The molecule has 19 heavy (non-hydrogen) atoms. The highest BCUT2D eigenvalue weighted by Gasteiger charge is 2.09. The number of hydrogen-bond donors (Lipinski definition) is 1. The Morgan fingerprint density at radius 2 is 1.95 bits per heavy atom. The molecule has 0 bridgehead atoms. The molecule has 0 saturated carbocycles. The van der Waals surface area contributed by atoms with Crippen molar-refractivity contribution in [2.75, 3.05) is 12.4 Å². The summed E-state index contributed by atoms with van der Waals surface area (Å²) in [6.45, 7) is 2.09. The Hall–Kier alpha value is -1.19. The van der Waals surface area contributed by atoms with Gasteiger partial charge in [-0.3, -0.25) is 0 Å². The van der Waals surface area contributed by atoms with Crippen LogP contribution in [0.15, 0.2) is 46.9 Å². The molecule has 1 N–H and O–H groups in total. The van der Waals surface area contributed by atoms with Gasteiger partial charge in [-0.1, -0.05) is 29.8 Å². The van der Waals surface area contributed by atoms with Crippen molar-refractivity contribution in [3.8, 4) is 5.75 Å². The molecule has 1 atom stereocenters. The molecule has 0 amide bonds. The van der Waals surface area contributed by atoms with Gasteiger partial charge in [-0.2, -0.15) is 0 Å². The third-order valence-electron chi connectivity index (χ3n) is 2.92. The summed E-state index contributed by atoms with van der Waals surface area (Å²) in [5.41, 5.74) is 2.09. The molecule has 0 radical (unpaired) electrons. The molecule has 0 aromatic heterocycles. The smallest absolute Gasteiger partial charge is 0.133 e. The number of rotatable bonds is 4. The molecule has 2 aromatic rings. The molecule has 0 aliphatic rings. The Bertz CT molecular complexity index is 574. The van der Waals surface area contributed by atoms with Crippen molar-refractivity contribution >= 4 is 33.2 Å². The van der Waals surface area contributed by atoms with Crippen LogP contribution in [0.3, 0.4) is 0 Å². The maximum Gasteiger partial charge on any atom is 0.133 e. The fourth-order valence-electron chi connectivity index (χ4n) is 1.85. The Morgan fingerprint density at radius 3 is 2.58 bits per heavy atom. The van der Waals surface area contributed by atoms with E-state index in [1.165, 1.54) is 0 Å². The fraction of sp³-hybridized carbons (Fsp3) is 0.200. The first-order chi connectivity index (χ1) is 9.11. The second kappa shape index (κ2) is 6.31. The molecule has 4 heteroatoms. The molecule has 0 aliphatic carbocycles. The molecule has 0 spiro atoms. The first-order valence-electron chi connectivity index (χ1n) is 5.96. The van der Waals surface area contributed by atoms with Crippen molar-refractivity contribution in [2.24, 2.45) is 0 Å². The third-order valence-corrected chi connectivity index (χ3v) is 3.87. The topological polar surface area (TPSA) is 21.3 Å². The van der Waals surface area contributed by atoms with E-state index in [0.717, 1.165) is 26.5 Å². The highest BCUT2D eigenvalue weighted by molar-refractivity contribution is 9.10. The molecule has 0 heterocycles. The summed E-state index contributed by atoms with van der Waals surface area (Å²) < 4.78 is 6.17. The number of anilines is 1. The van der Waals surface area contributed by atoms with Gasteiger partial charge in [-0.15, -0.1) is 0 Å². The summed E-state index contributed by atoms with van der Waals surface area (Å²) in [4.78, 5) is 0. The SMILES string of the molecule is COc1ccc(C(C)Nc2ccccc2Cl)cc1Br. The third kappa shape index (κ3) is 3.43. The molecule has 0 saturated heterocycles. The Morgan fingerprint density at radius 1 is 1.21 bits per heavy atom. The number of methoxy groups -OCH3 is 1. The average Bonchev–Trinajstić information content (AvgIpc) is 2.41. The number of para-hydroxylation sites is 1. The quantitative estimate of drug-likeness (QED) is 0.817. The fourth-order valence-corrected chi connectivity index (χ4v) is 2.60. The van der Waals surface area contributed by atoms with Crippen LogP contribution in [-0.4, -0.2) is 7.11 Å². The van der Waals surface area contributed by atoms with Crippen molar-refractivity contribution < 1.29 is 4.74 Å². The maximum absolute atomic E-state index is 6.14. The summed E-state index contributed by atoms with van der Waals surface area (Å²) in [7, 11) is 1.66. The Balaban J connectivity index is 2.18. The minimum absolute atomic E-state index is 0.155. The van der Waals surface area contributed by atoms with E-state index in [0.29, 0.717) is 0 Å². The molecule has 0 fully saturated rings. The van der Waals surface area contributed by atoms with Gasteiger partial charge < -0.3 is 10.1 Å². The van der Waals surface area contributed by atoms with Crippen LogP contribution in [0.2, 0.25) is 5.02 Å². The second-order valence-corrected chi connectivity index (χ2v) is 5.50. The highest BCUT2D eigenvalue weighted by atomic mass is 79.9. The highest BCUT2D eigenvalue weighted by Crippen LogP contribution is 2.30. The van der Waals surface area contributed by atoms with Gasteiger partial charge in [0.05, 0.1) is 22.3 Å². The van der Waals surface area contributed by atoms with E-state index in [2.05, 4.69) is 28.2 Å². The molecule has 2 aromatic carbocycles. The van der Waals surface area contributed by atoms with Gasteiger partial charge in [0.2, 0.25) is 0 Å². The second-order valence-electron chi connectivity index (χ2n) is 4.24. The normalized spacial score (nSPS) is 12.0. The lowest BCUT2D eigenvalue weighted by atomic mass is 10.1. The van der Waals surface area contributed by atoms with E-state index in [1.54, 1.807) is 7.11 Å². The van der Waals surface area contributed by atoms with Gasteiger partial charge in [0.15, 0.2) is 0 Å². The van der Waals surface area contributed by atoms with Gasteiger partial charge in [0.25, 0.3) is 0 Å². The van der Waals surface area contributed by atoms with Crippen LogP contribution in [0.4, 0.5) is 5.69 Å². The standard InChI is InChI=1S/C15H15BrClNO/c1-10(18-14-6-4-3-5-13(14)17)11-7-8-15(19-2)12(16)9-11/h3-10,18H,1-2H3. The molecule has 2 rings (SSSR count). The summed E-state index contributed by atoms with van der Waals surface area (Å²) >= 11 is 9.64. The Labute approximate surface area is 126 Å². The minimum atomic E-state index is 0.155. The van der Waals surface area contributed by atoms with Gasteiger partial charge in [0.1, 0.15) is 5.75 Å². The van der Waals surface area contributed by atoms with Crippen molar-refractivity contribution in [1.82, 2.24) is 0 Å². The number of halogens is 2. The van der Waals surface area contributed by atoms with Gasteiger partial charge >= 0.3 is 0 Å². The van der Waals surface area contributed by atoms with Crippen LogP contribution in [0.25, 0.3) is 0 Å². The zero-order chi connectivity index (χ0) is 13.8. The zero-order valence-electron chi connectivity index (χ0n) is 10.8. The predicted molar refractivity (Wildman–Crippen MR) is 84.2 cm³/mol. The lowest BCUT2D eigenvalue weighted by Crippen LogP contribution is -2.07. The monoisotopic (exact) mass is 339 g/mol. The van der Waals surface area contributed by atoms with E-state index in [1.807, 2.05) is 42.5 Å². The lowest BCUT2D eigenvalue weighted by Gasteiger charge is -2.17. The van der Waals surface area contributed by atoms with Crippen molar-refractivity contribution in [2.45, 2.75) is 13.0 Å². The lowest BCUT2D eigenvalue weighted by molar-refractivity contribution is 0.412. The minimum Gasteiger partial charge on any atom is -0.496 e. The van der Waals surface area contributed by atoms with E-state index >= 15 is 0 Å². The molecule has 1 unspecified atom stereocenters. The number of ether oxygens (including phenoxy) is 1. The maximum atomic E-state index is 6.14. The molecular formula is C15H15BrClNO. The van der Waals surface area contributed by atoms with E-state index in [-0.39, 0.29) is 6.04 Å². The number of benzene rings is 2. The van der Waals surface area contributed by atoms with Crippen LogP contribution in [0, 0.1) is 0 Å². The molecule has 2 nitrogen and oxygen atoms in total. The van der Waals surface area contributed by atoms with Crippen LogP contribution in [-0.2, 0) is 0 Å². The summed E-state index contributed by atoms with van der Waals surface area (Å²) in [6.07, 6.45) is 0. The largest absolute Gasteiger partial charge is 0.496 e. The summed E-state index contributed by atoms with van der Waals surface area (Å²) in [6, 6.07) is 13.9. The van der Waals surface area contributed by atoms with Gasteiger partial charge in [0, 0.05) is 6.04 Å². The predicted octanol–water partition coefficient (Wildman–Crippen LogP) is 5.28. The molecule has 0 aliphatic heterocycles. The first kappa shape index (κ1) is 14.2. The van der Waals surface area contributed by atoms with Crippen molar-refractivity contribution in [3.63, 3.8) is 0 Å². The van der Waals surface area contributed by atoms with E-state index < -0.39 is 0 Å². The van der Waals surface area contributed by atoms with Gasteiger partial charge in [-0.05, 0) is 52.7 Å². The summed E-state index contributed by atoms with van der Waals surface area (Å²) in [5, 5.41) is 4.12. The van der Waals surface area contributed by atoms with Crippen molar-refractivity contribution in [3.05, 3.63) is 57.5 Å². The molecular weight excluding hydrogens is 326 g/mol. The molecule has 100 valence electrons. The average molecular weight is 341 g/mol. The van der Waals surface area contributed by atoms with Crippen LogP contribution < -0.4 is 10.1 Å². The van der Waals surface area contributed by atoms with Gasteiger partial charge in [-0.25, -0.2) is 0 Å². The van der Waals surface area contributed by atoms with Crippen LogP contribution in [0.1, 0.15) is 18.5 Å². The van der Waals surface area contributed by atoms with E-state index in [9.17, 15) is 0 Å². The van der Waals surface area contributed by atoms with Crippen LogP contribution in [0.5, 0.6) is 5.75 Å².